The summed E-state index contributed by atoms with van der Waals surface area (Å²) in [5, 5.41) is 0. The van der Waals surface area contributed by atoms with Gasteiger partial charge in [-0.15, -0.1) is 0 Å². The van der Waals surface area contributed by atoms with Crippen molar-refractivity contribution in [2.24, 2.45) is 5.92 Å². The second-order valence-electron chi connectivity index (χ2n) is 11.9. The van der Waals surface area contributed by atoms with Crippen molar-refractivity contribution in [1.29, 1.82) is 0 Å². The highest BCUT2D eigenvalue weighted by Crippen LogP contribution is 2.31. The number of hydrogen-bond acceptors (Lipinski definition) is 7. The average molecular weight is 599 g/mol. The van der Waals surface area contributed by atoms with Crippen molar-refractivity contribution >= 4 is 29.3 Å². The number of anilines is 2. The molecule has 44 heavy (non-hydrogen) atoms. The molecule has 0 N–H and O–H groups in total. The lowest BCUT2D eigenvalue weighted by Crippen LogP contribution is -2.39. The molecular formula is C36H46N4O4. The van der Waals surface area contributed by atoms with E-state index in [0.29, 0.717) is 13.2 Å². The maximum absolute atomic E-state index is 14.2. The fourth-order valence-electron chi connectivity index (χ4n) is 5.44. The van der Waals surface area contributed by atoms with Gasteiger partial charge in [-0.05, 0) is 94.2 Å². The molecule has 8 nitrogen and oxygen atoms in total. The van der Waals surface area contributed by atoms with E-state index in [0.717, 1.165) is 71.7 Å². The minimum absolute atomic E-state index is 0.0827. The van der Waals surface area contributed by atoms with E-state index in [2.05, 4.69) is 40.1 Å². The van der Waals surface area contributed by atoms with E-state index >= 15 is 0 Å². The molecule has 0 bridgehead atoms. The third-order valence-electron chi connectivity index (χ3n) is 8.18. The van der Waals surface area contributed by atoms with Crippen molar-refractivity contribution in [1.82, 2.24) is 9.88 Å². The SMILES string of the molecule is COC(=O)/C=C/c1cccc(N(Cc2ccc(-c3ccc(N(C)C)cc3)nc2C)C(=O)C2CCC(OCCN(C)C)CC2)c1. The summed E-state index contributed by atoms with van der Waals surface area (Å²) < 4.78 is 10.8. The van der Waals surface area contributed by atoms with Crippen molar-refractivity contribution in [3.8, 4) is 11.3 Å². The molecule has 0 radical (unpaired) electrons. The number of hydrogen-bond donors (Lipinski definition) is 0. The summed E-state index contributed by atoms with van der Waals surface area (Å²) in [5.74, 6) is -0.402. The molecule has 1 saturated carbocycles. The van der Waals surface area contributed by atoms with Gasteiger partial charge in [0.05, 0.1) is 32.1 Å². The van der Waals surface area contributed by atoms with Gasteiger partial charge in [0.25, 0.3) is 0 Å². The van der Waals surface area contributed by atoms with Crippen molar-refractivity contribution < 1.29 is 19.1 Å². The van der Waals surface area contributed by atoms with Crippen LogP contribution in [0.3, 0.4) is 0 Å². The molecule has 1 amide bonds. The Hall–Kier alpha value is -4.01. The van der Waals surface area contributed by atoms with Crippen LogP contribution >= 0.6 is 0 Å². The number of esters is 1. The number of carbonyl (C=O) groups excluding carboxylic acids is 2. The number of carbonyl (C=O) groups is 2. The van der Waals surface area contributed by atoms with Crippen LogP contribution in [-0.4, -0.2) is 76.3 Å². The maximum Gasteiger partial charge on any atom is 0.330 e. The number of benzene rings is 2. The van der Waals surface area contributed by atoms with Crippen LogP contribution in [0.4, 0.5) is 11.4 Å². The van der Waals surface area contributed by atoms with Crippen LogP contribution < -0.4 is 9.80 Å². The number of likely N-dealkylation sites (N-methyl/N-ethyl adjacent to an activating group) is 1. The van der Waals surface area contributed by atoms with Crippen LogP contribution in [0.25, 0.3) is 17.3 Å². The molecular weight excluding hydrogens is 552 g/mol. The zero-order chi connectivity index (χ0) is 31.6. The Morgan fingerprint density at radius 3 is 2.30 bits per heavy atom. The lowest BCUT2D eigenvalue weighted by molar-refractivity contribution is -0.134. The zero-order valence-electron chi connectivity index (χ0n) is 27.0. The molecule has 0 atom stereocenters. The Kier molecular flexibility index (Phi) is 11.7. The lowest BCUT2D eigenvalue weighted by atomic mass is 9.86. The third kappa shape index (κ3) is 9.00. The van der Waals surface area contributed by atoms with Gasteiger partial charge in [0, 0.05) is 55.3 Å². The summed E-state index contributed by atoms with van der Waals surface area (Å²) in [6.07, 6.45) is 6.64. The highest BCUT2D eigenvalue weighted by molar-refractivity contribution is 5.95. The highest BCUT2D eigenvalue weighted by Gasteiger charge is 2.31. The first-order chi connectivity index (χ1) is 21.1. The minimum atomic E-state index is -0.425. The molecule has 1 aliphatic carbocycles. The molecule has 8 heteroatoms. The predicted octanol–water partition coefficient (Wildman–Crippen LogP) is 5.98. The Morgan fingerprint density at radius 1 is 0.932 bits per heavy atom. The minimum Gasteiger partial charge on any atom is -0.466 e. The first-order valence-electron chi connectivity index (χ1n) is 15.3. The van der Waals surface area contributed by atoms with Crippen LogP contribution in [0.15, 0.2) is 66.7 Å². The monoisotopic (exact) mass is 598 g/mol. The number of rotatable bonds is 12. The number of aryl methyl sites for hydroxylation is 1. The molecule has 2 aromatic carbocycles. The number of amides is 1. The molecule has 0 saturated heterocycles. The summed E-state index contributed by atoms with van der Waals surface area (Å²) in [4.78, 5) is 36.9. The van der Waals surface area contributed by atoms with Crippen LogP contribution in [-0.2, 0) is 25.6 Å². The molecule has 1 aliphatic rings. The zero-order valence-corrected chi connectivity index (χ0v) is 27.0. The second-order valence-corrected chi connectivity index (χ2v) is 11.9. The van der Waals surface area contributed by atoms with E-state index in [1.165, 1.54) is 13.2 Å². The maximum atomic E-state index is 14.2. The van der Waals surface area contributed by atoms with Crippen molar-refractivity contribution in [3.63, 3.8) is 0 Å². The molecule has 3 aromatic rings. The van der Waals surface area contributed by atoms with Gasteiger partial charge in [-0.1, -0.05) is 30.3 Å². The molecule has 0 spiro atoms. The lowest BCUT2D eigenvalue weighted by Gasteiger charge is -2.33. The fraction of sp³-hybridized carbons (Fsp3) is 0.417. The van der Waals surface area contributed by atoms with Crippen LogP contribution in [0, 0.1) is 12.8 Å². The quantitative estimate of drug-likeness (QED) is 0.188. The summed E-state index contributed by atoms with van der Waals surface area (Å²) in [7, 11) is 9.49. The van der Waals surface area contributed by atoms with Gasteiger partial charge in [0.15, 0.2) is 0 Å². The molecule has 1 fully saturated rings. The van der Waals surface area contributed by atoms with E-state index in [1.54, 1.807) is 6.08 Å². The van der Waals surface area contributed by atoms with E-state index in [9.17, 15) is 9.59 Å². The Morgan fingerprint density at radius 2 is 1.66 bits per heavy atom. The van der Waals surface area contributed by atoms with Gasteiger partial charge < -0.3 is 24.2 Å². The van der Waals surface area contributed by atoms with Gasteiger partial charge in [0.1, 0.15) is 0 Å². The number of nitrogens with zero attached hydrogens (tertiary/aromatic N) is 4. The van der Waals surface area contributed by atoms with E-state index < -0.39 is 5.97 Å². The smallest absolute Gasteiger partial charge is 0.330 e. The Balaban J connectivity index is 1.56. The molecule has 1 aromatic heterocycles. The number of methoxy groups -OCH3 is 1. The van der Waals surface area contributed by atoms with Gasteiger partial charge in [-0.3, -0.25) is 9.78 Å². The highest BCUT2D eigenvalue weighted by atomic mass is 16.5. The molecule has 0 aliphatic heterocycles. The standard InChI is InChI=1S/C36H46N4O4/c1-26-30(15-20-34(37-26)28-11-16-31(17-12-28)39(4)5)25-40(32-9-7-8-27(24-32)10-21-35(41)43-6)36(42)29-13-18-33(19-14-29)44-23-22-38(2)3/h7-12,15-17,20-21,24,29,33H,13-14,18-19,22-23,25H2,1-6H3/b21-10+. The molecule has 234 valence electrons. The van der Waals surface area contributed by atoms with Crippen LogP contribution in [0.1, 0.15) is 42.5 Å². The summed E-state index contributed by atoms with van der Waals surface area (Å²) in [6, 6.07) is 20.2. The topological polar surface area (TPSA) is 75.2 Å². The second kappa shape index (κ2) is 15.6. The first kappa shape index (κ1) is 32.9. The van der Waals surface area contributed by atoms with Crippen molar-refractivity contribution in [3.05, 3.63) is 83.6 Å². The summed E-state index contributed by atoms with van der Waals surface area (Å²) in [5.41, 5.74) is 6.56. The summed E-state index contributed by atoms with van der Waals surface area (Å²) >= 11 is 0. The van der Waals surface area contributed by atoms with Crippen LogP contribution in [0.2, 0.25) is 0 Å². The van der Waals surface area contributed by atoms with Gasteiger partial charge in [-0.2, -0.15) is 0 Å². The van der Waals surface area contributed by atoms with Crippen LogP contribution in [0.5, 0.6) is 0 Å². The molecule has 1 heterocycles. The normalized spacial score (nSPS) is 16.7. The third-order valence-corrected chi connectivity index (χ3v) is 8.18. The van der Waals surface area contributed by atoms with Crippen molar-refractivity contribution in [2.45, 2.75) is 45.3 Å². The van der Waals surface area contributed by atoms with E-state index in [-0.39, 0.29) is 17.9 Å². The number of aromatic nitrogens is 1. The van der Waals surface area contributed by atoms with E-state index in [1.807, 2.05) is 70.3 Å². The van der Waals surface area contributed by atoms with Gasteiger partial charge in [-0.25, -0.2) is 4.79 Å². The fourth-order valence-corrected chi connectivity index (χ4v) is 5.44. The number of ether oxygens (including phenoxy) is 2. The van der Waals surface area contributed by atoms with E-state index in [4.69, 9.17) is 14.5 Å². The van der Waals surface area contributed by atoms with Gasteiger partial charge in [0.2, 0.25) is 5.91 Å². The number of pyridine rings is 1. The van der Waals surface area contributed by atoms with Gasteiger partial charge >= 0.3 is 5.97 Å². The first-order valence-corrected chi connectivity index (χ1v) is 15.3. The molecule has 4 rings (SSSR count). The Labute approximate surface area is 262 Å². The van der Waals surface area contributed by atoms with Crippen molar-refractivity contribution in [2.75, 3.05) is 58.3 Å². The average Bonchev–Trinajstić information content (AvgIpc) is 3.03. The Bertz CT molecular complexity index is 1430. The summed E-state index contributed by atoms with van der Waals surface area (Å²) in [6.45, 7) is 4.00. The predicted molar refractivity (Wildman–Crippen MR) is 178 cm³/mol. The molecule has 0 unspecified atom stereocenters. The largest absolute Gasteiger partial charge is 0.466 e.